The highest BCUT2D eigenvalue weighted by Crippen LogP contribution is 2.37. The number of allylic oxidation sites excluding steroid dienone is 2. The van der Waals surface area contributed by atoms with Gasteiger partial charge in [-0.05, 0) is 51.0 Å². The number of carboxylic acid groups (broad SMARTS) is 1. The number of carbonyl (C=O) groups is 2. The van der Waals surface area contributed by atoms with Crippen molar-refractivity contribution in [2.24, 2.45) is 0 Å². The Kier molecular flexibility index (Phi) is 7.65. The number of carbonyl (C=O) groups excluding carboxylic acids is 1. The summed E-state index contributed by atoms with van der Waals surface area (Å²) in [5, 5.41) is 8.89. The fourth-order valence-electron chi connectivity index (χ4n) is 2.73. The molecule has 28 heavy (non-hydrogen) atoms. The normalized spacial score (nSPS) is 15.7. The number of ether oxygens (including phenoxy) is 2. The first-order valence-electron chi connectivity index (χ1n) is 8.83. The molecule has 0 radical (unpaired) electrons. The molecule has 8 heteroatoms. The Morgan fingerprint density at radius 1 is 1.25 bits per heavy atom. The van der Waals surface area contributed by atoms with Crippen LogP contribution in [0.1, 0.15) is 30.5 Å². The van der Waals surface area contributed by atoms with Crippen molar-refractivity contribution in [3.05, 3.63) is 39.8 Å². The molecule has 1 aromatic rings. The molecule has 0 aliphatic carbocycles. The smallest absolute Gasteiger partial charge is 0.323 e. The molecule has 0 aromatic heterocycles. The van der Waals surface area contributed by atoms with E-state index in [1.54, 1.807) is 12.2 Å². The topological polar surface area (TPSA) is 76.1 Å². The Hall–Kier alpha value is -2.32. The Morgan fingerprint density at radius 3 is 2.50 bits per heavy atom. The van der Waals surface area contributed by atoms with E-state index in [2.05, 4.69) is 0 Å². The summed E-state index contributed by atoms with van der Waals surface area (Å²) in [6.07, 6.45) is 5.28. The minimum absolute atomic E-state index is 0.249. The van der Waals surface area contributed by atoms with E-state index < -0.39 is 18.4 Å². The number of thiocarbonyl (C=S) groups is 1. The zero-order chi connectivity index (χ0) is 20.8. The van der Waals surface area contributed by atoms with Gasteiger partial charge in [0.1, 0.15) is 10.9 Å². The first kappa shape index (κ1) is 22.0. The average molecular weight is 422 g/mol. The molecule has 1 aromatic carbocycles. The summed E-state index contributed by atoms with van der Waals surface area (Å²) in [6, 6.07) is 2.00. The predicted molar refractivity (Wildman–Crippen MR) is 115 cm³/mol. The predicted octanol–water partition coefficient (Wildman–Crippen LogP) is 3.94. The van der Waals surface area contributed by atoms with Crippen LogP contribution in [0.2, 0.25) is 0 Å². The highest BCUT2D eigenvalue weighted by Gasteiger charge is 2.32. The van der Waals surface area contributed by atoms with Crippen LogP contribution in [0.15, 0.2) is 23.1 Å². The van der Waals surface area contributed by atoms with Gasteiger partial charge in [0.2, 0.25) is 0 Å². The van der Waals surface area contributed by atoms with Crippen LogP contribution in [0.5, 0.6) is 11.5 Å². The summed E-state index contributed by atoms with van der Waals surface area (Å²) in [5.74, 6) is -0.0287. The summed E-state index contributed by atoms with van der Waals surface area (Å²) >= 11 is 6.19. The number of hydrogen-bond donors (Lipinski definition) is 1. The fourth-order valence-corrected chi connectivity index (χ4v) is 3.93. The molecule has 0 atom stereocenters. The molecule has 6 nitrogen and oxygen atoms in total. The number of thioether (sulfide) groups is 1. The minimum atomic E-state index is -1.10. The maximum Gasteiger partial charge on any atom is 0.323 e. The molecule has 1 saturated heterocycles. The number of hydrogen-bond acceptors (Lipinski definition) is 6. The highest BCUT2D eigenvalue weighted by molar-refractivity contribution is 8.26. The number of carboxylic acids is 1. The number of nitrogens with zero attached hydrogens (tertiary/aromatic N) is 1. The second kappa shape index (κ2) is 9.75. The Labute approximate surface area is 174 Å². The van der Waals surface area contributed by atoms with Crippen LogP contribution >= 0.6 is 24.0 Å². The summed E-state index contributed by atoms with van der Waals surface area (Å²) in [5.41, 5.74) is 2.85. The van der Waals surface area contributed by atoms with E-state index in [9.17, 15) is 9.59 Å². The Balaban J connectivity index is 2.29. The number of rotatable bonds is 8. The van der Waals surface area contributed by atoms with Gasteiger partial charge in [-0.1, -0.05) is 36.1 Å². The van der Waals surface area contributed by atoms with E-state index in [-0.39, 0.29) is 4.32 Å². The molecule has 2 rings (SSSR count). The largest absolute Gasteiger partial charge is 0.490 e. The maximum absolute atomic E-state index is 12.3. The van der Waals surface area contributed by atoms with Gasteiger partial charge >= 0.3 is 5.97 Å². The zero-order valence-electron chi connectivity index (χ0n) is 16.3. The standard InChI is InChI=1S/C20H23NO5S2/c1-5-25-17-12(3)10-14(13(4)18(17)26-6-2)8-7-9-15-19(24)21(11-16(22)23)20(27)28-15/h7-10H,5-6,11H2,1-4H3,(H,22,23). The van der Waals surface area contributed by atoms with E-state index in [4.69, 9.17) is 26.8 Å². The molecule has 1 amide bonds. The SMILES string of the molecule is CCOc1c(C)cc(C=CC=C2SC(=S)N(CC(=O)O)C2=O)c(C)c1OCC. The van der Waals surface area contributed by atoms with Gasteiger partial charge in [0.05, 0.1) is 18.1 Å². The van der Waals surface area contributed by atoms with E-state index in [0.29, 0.717) is 18.1 Å². The third-order valence-electron chi connectivity index (χ3n) is 3.98. The summed E-state index contributed by atoms with van der Waals surface area (Å²) in [7, 11) is 0. The molecule has 0 unspecified atom stereocenters. The van der Waals surface area contributed by atoms with Crippen LogP contribution in [-0.4, -0.2) is 46.0 Å². The molecule has 0 bridgehead atoms. The van der Waals surface area contributed by atoms with Gasteiger partial charge in [0.25, 0.3) is 5.91 Å². The van der Waals surface area contributed by atoms with E-state index >= 15 is 0 Å². The molecule has 1 N–H and O–H groups in total. The van der Waals surface area contributed by atoms with Crippen molar-refractivity contribution < 1.29 is 24.2 Å². The Bertz CT molecular complexity index is 861. The molecule has 0 saturated carbocycles. The van der Waals surface area contributed by atoms with Crippen LogP contribution in [0, 0.1) is 13.8 Å². The fraction of sp³-hybridized carbons (Fsp3) is 0.350. The van der Waals surface area contributed by atoms with E-state index in [1.165, 1.54) is 0 Å². The molecule has 0 spiro atoms. The van der Waals surface area contributed by atoms with Crippen molar-refractivity contribution in [3.8, 4) is 11.5 Å². The molecule has 1 fully saturated rings. The highest BCUT2D eigenvalue weighted by atomic mass is 32.2. The number of aliphatic carboxylic acids is 1. The monoisotopic (exact) mass is 421 g/mol. The van der Waals surface area contributed by atoms with Gasteiger partial charge in [-0.15, -0.1) is 0 Å². The van der Waals surface area contributed by atoms with Crippen molar-refractivity contribution in [3.63, 3.8) is 0 Å². The summed E-state index contributed by atoms with van der Waals surface area (Å²) < 4.78 is 11.8. The molecule has 1 aliphatic heterocycles. The van der Waals surface area contributed by atoms with Crippen molar-refractivity contribution >= 4 is 46.3 Å². The molecule has 1 aliphatic rings. The quantitative estimate of drug-likeness (QED) is 0.503. The van der Waals surface area contributed by atoms with Crippen LogP contribution in [0.4, 0.5) is 0 Å². The van der Waals surface area contributed by atoms with Gasteiger partial charge < -0.3 is 14.6 Å². The third-order valence-corrected chi connectivity index (χ3v) is 5.37. The van der Waals surface area contributed by atoms with Crippen molar-refractivity contribution in [2.75, 3.05) is 19.8 Å². The van der Waals surface area contributed by atoms with Crippen LogP contribution in [-0.2, 0) is 9.59 Å². The van der Waals surface area contributed by atoms with Gasteiger partial charge in [-0.25, -0.2) is 0 Å². The second-order valence-corrected chi connectivity index (χ2v) is 7.65. The number of benzene rings is 1. The first-order valence-corrected chi connectivity index (χ1v) is 10.1. The lowest BCUT2D eigenvalue weighted by Crippen LogP contribution is -2.33. The van der Waals surface area contributed by atoms with Crippen molar-refractivity contribution in [1.82, 2.24) is 4.90 Å². The zero-order valence-corrected chi connectivity index (χ0v) is 17.9. The van der Waals surface area contributed by atoms with Crippen LogP contribution < -0.4 is 9.47 Å². The number of amides is 1. The molecule has 1 heterocycles. The van der Waals surface area contributed by atoms with Crippen LogP contribution in [0.25, 0.3) is 6.08 Å². The minimum Gasteiger partial charge on any atom is -0.490 e. The molecular weight excluding hydrogens is 398 g/mol. The van der Waals surface area contributed by atoms with E-state index in [1.807, 2.05) is 39.8 Å². The lowest BCUT2D eigenvalue weighted by atomic mass is 10.0. The summed E-state index contributed by atoms with van der Waals surface area (Å²) in [4.78, 5) is 24.6. The van der Waals surface area contributed by atoms with Gasteiger partial charge in [0, 0.05) is 5.56 Å². The first-order chi connectivity index (χ1) is 13.3. The molecule has 150 valence electrons. The van der Waals surface area contributed by atoms with E-state index in [0.717, 1.165) is 44.9 Å². The van der Waals surface area contributed by atoms with Crippen molar-refractivity contribution in [1.29, 1.82) is 0 Å². The lowest BCUT2D eigenvalue weighted by molar-refractivity contribution is -0.140. The van der Waals surface area contributed by atoms with Crippen molar-refractivity contribution in [2.45, 2.75) is 27.7 Å². The third kappa shape index (κ3) is 4.94. The molecular formula is C20H23NO5S2. The van der Waals surface area contributed by atoms with Gasteiger partial charge in [-0.2, -0.15) is 0 Å². The maximum atomic E-state index is 12.3. The Morgan fingerprint density at radius 2 is 1.89 bits per heavy atom. The lowest BCUT2D eigenvalue weighted by Gasteiger charge is -2.17. The number of aryl methyl sites for hydroxylation is 1. The second-order valence-electron chi connectivity index (χ2n) is 5.98. The summed E-state index contributed by atoms with van der Waals surface area (Å²) in [6.45, 7) is 8.42. The van der Waals surface area contributed by atoms with Gasteiger partial charge in [0.15, 0.2) is 11.5 Å². The van der Waals surface area contributed by atoms with Gasteiger partial charge in [-0.3, -0.25) is 14.5 Å². The van der Waals surface area contributed by atoms with Crippen LogP contribution in [0.3, 0.4) is 0 Å². The average Bonchev–Trinajstić information content (AvgIpc) is 2.89.